The van der Waals surface area contributed by atoms with Gasteiger partial charge >= 0.3 is 0 Å². The molecule has 2 aliphatic heterocycles. The van der Waals surface area contributed by atoms with Crippen LogP contribution in [0.4, 0.5) is 19.1 Å². The third-order valence-corrected chi connectivity index (χ3v) is 7.46. The maximum Gasteiger partial charge on any atom is 0.242 e. The lowest BCUT2D eigenvalue weighted by Gasteiger charge is -2.39. The number of hydrogen-bond acceptors (Lipinski definition) is 4. The Kier molecular flexibility index (Phi) is 3.44. The van der Waals surface area contributed by atoms with E-state index in [0.29, 0.717) is 48.0 Å². The van der Waals surface area contributed by atoms with Crippen LogP contribution in [0.2, 0.25) is 0 Å². The van der Waals surface area contributed by atoms with E-state index >= 15 is 0 Å². The summed E-state index contributed by atoms with van der Waals surface area (Å²) < 4.78 is 43.5. The van der Waals surface area contributed by atoms with Crippen LogP contribution in [0.25, 0.3) is 0 Å². The number of rotatable bonds is 3. The largest absolute Gasteiger partial charge is 0.350 e. The Balaban J connectivity index is 1.31. The number of nitrogens with one attached hydrogen (secondary N) is 2. The molecule has 8 heteroatoms. The molecule has 2 aromatic rings. The van der Waals surface area contributed by atoms with Gasteiger partial charge in [-0.05, 0) is 42.6 Å². The molecule has 2 aliphatic carbocycles. The molecule has 3 heterocycles. The van der Waals surface area contributed by atoms with Crippen molar-refractivity contribution in [1.29, 1.82) is 0 Å². The zero-order valence-electron chi connectivity index (χ0n) is 15.4. The van der Waals surface area contributed by atoms with Crippen LogP contribution in [0.1, 0.15) is 43.0 Å². The SMILES string of the molecule is Fc1ccc(C2CCCCn3nc(N[C@H]4C5CNCC56CC46)nc32)c(F)c1F. The molecule has 2 saturated carbocycles. The van der Waals surface area contributed by atoms with Crippen molar-refractivity contribution in [3.05, 3.63) is 41.0 Å². The van der Waals surface area contributed by atoms with E-state index in [4.69, 9.17) is 0 Å². The Labute approximate surface area is 160 Å². The minimum Gasteiger partial charge on any atom is -0.350 e. The highest BCUT2D eigenvalue weighted by molar-refractivity contribution is 5.39. The molecular weight excluding hydrogens is 367 g/mol. The highest BCUT2D eigenvalue weighted by Gasteiger charge is 2.75. The molecule has 3 fully saturated rings. The van der Waals surface area contributed by atoms with Crippen LogP contribution in [0.15, 0.2) is 12.1 Å². The summed E-state index contributed by atoms with van der Waals surface area (Å²) in [5, 5.41) is 11.6. The fourth-order valence-electron chi connectivity index (χ4n) is 5.94. The first-order valence-electron chi connectivity index (χ1n) is 10.1. The van der Waals surface area contributed by atoms with E-state index in [-0.39, 0.29) is 5.56 Å². The lowest BCUT2D eigenvalue weighted by atomic mass is 9.71. The smallest absolute Gasteiger partial charge is 0.242 e. The minimum absolute atomic E-state index is 0.158. The van der Waals surface area contributed by atoms with E-state index in [1.165, 1.54) is 12.5 Å². The van der Waals surface area contributed by atoms with Gasteiger partial charge in [-0.1, -0.05) is 12.5 Å². The van der Waals surface area contributed by atoms with Crippen LogP contribution in [-0.2, 0) is 6.54 Å². The third-order valence-electron chi connectivity index (χ3n) is 7.46. The molecule has 0 bridgehead atoms. The first kappa shape index (κ1) is 16.8. The van der Waals surface area contributed by atoms with Crippen molar-refractivity contribution in [1.82, 2.24) is 20.1 Å². The lowest BCUT2D eigenvalue weighted by Crippen LogP contribution is -2.47. The third kappa shape index (κ3) is 2.18. The molecule has 1 spiro atoms. The molecule has 6 rings (SSSR count). The van der Waals surface area contributed by atoms with Crippen molar-refractivity contribution in [3.8, 4) is 0 Å². The van der Waals surface area contributed by atoms with Crippen LogP contribution in [-0.4, -0.2) is 33.9 Å². The highest BCUT2D eigenvalue weighted by Crippen LogP contribution is 2.72. The number of halogens is 3. The van der Waals surface area contributed by atoms with Gasteiger partial charge in [0.05, 0.1) is 0 Å². The van der Waals surface area contributed by atoms with Gasteiger partial charge in [0.15, 0.2) is 17.5 Å². The van der Waals surface area contributed by atoms with Gasteiger partial charge in [-0.2, -0.15) is 4.98 Å². The van der Waals surface area contributed by atoms with Gasteiger partial charge in [-0.25, -0.2) is 17.9 Å². The van der Waals surface area contributed by atoms with Crippen LogP contribution < -0.4 is 10.6 Å². The molecule has 5 nitrogen and oxygen atoms in total. The molecule has 1 aromatic heterocycles. The topological polar surface area (TPSA) is 54.8 Å². The number of nitrogens with zero attached hydrogens (tertiary/aromatic N) is 3. The Morgan fingerprint density at radius 2 is 2.04 bits per heavy atom. The minimum atomic E-state index is -1.42. The summed E-state index contributed by atoms with van der Waals surface area (Å²) in [6.07, 6.45) is 3.66. The summed E-state index contributed by atoms with van der Waals surface area (Å²) in [5.41, 5.74) is 0.664. The normalized spacial score (nSPS) is 35.4. The average Bonchev–Trinajstić information content (AvgIpc) is 3.00. The summed E-state index contributed by atoms with van der Waals surface area (Å²) in [7, 11) is 0. The molecule has 28 heavy (non-hydrogen) atoms. The van der Waals surface area contributed by atoms with Crippen molar-refractivity contribution in [2.45, 2.75) is 44.2 Å². The predicted octanol–water partition coefficient (Wildman–Crippen LogP) is 3.03. The van der Waals surface area contributed by atoms with E-state index in [9.17, 15) is 13.2 Å². The fourth-order valence-corrected chi connectivity index (χ4v) is 5.94. The van der Waals surface area contributed by atoms with Crippen molar-refractivity contribution in [2.24, 2.45) is 17.3 Å². The highest BCUT2D eigenvalue weighted by atomic mass is 19.2. The second-order valence-electron chi connectivity index (χ2n) is 8.78. The van der Waals surface area contributed by atoms with Gasteiger partial charge in [0, 0.05) is 37.2 Å². The molecule has 148 valence electrons. The van der Waals surface area contributed by atoms with Crippen LogP contribution in [0, 0.1) is 34.7 Å². The van der Waals surface area contributed by atoms with E-state index in [0.717, 1.165) is 32.0 Å². The van der Waals surface area contributed by atoms with E-state index in [1.807, 2.05) is 4.68 Å². The second-order valence-corrected chi connectivity index (χ2v) is 8.78. The standard InChI is InChI=1S/C20H22F3N5/c21-14-5-4-10(15(22)16(14)23)11-3-1-2-6-28-18(11)26-19(27-28)25-17-12-7-20(12)9-24-8-13(17)20/h4-5,11-13,17,24H,1-3,6-9H2,(H,25,27)/t11?,12?,13?,17-,20?/m1/s1. The molecule has 5 atom stereocenters. The molecule has 1 saturated heterocycles. The first-order chi connectivity index (χ1) is 13.6. The molecule has 4 aliphatic rings. The van der Waals surface area contributed by atoms with Gasteiger partial charge < -0.3 is 10.6 Å². The van der Waals surface area contributed by atoms with Gasteiger partial charge in [0.25, 0.3) is 0 Å². The molecular formula is C20H22F3N5. The summed E-state index contributed by atoms with van der Waals surface area (Å²) in [6.45, 7) is 2.85. The number of fused-ring (bicyclic) bond motifs is 1. The fraction of sp³-hybridized carbons (Fsp3) is 0.600. The maximum absolute atomic E-state index is 14.5. The van der Waals surface area contributed by atoms with Crippen molar-refractivity contribution in [3.63, 3.8) is 0 Å². The van der Waals surface area contributed by atoms with Gasteiger partial charge in [0.1, 0.15) is 5.82 Å². The summed E-state index contributed by atoms with van der Waals surface area (Å²) in [4.78, 5) is 4.69. The molecule has 0 amide bonds. The van der Waals surface area contributed by atoms with Gasteiger partial charge in [-0.3, -0.25) is 0 Å². The first-order valence-corrected chi connectivity index (χ1v) is 10.1. The van der Waals surface area contributed by atoms with E-state index < -0.39 is 23.4 Å². The van der Waals surface area contributed by atoms with Gasteiger partial charge in [-0.15, -0.1) is 5.10 Å². The molecule has 2 N–H and O–H groups in total. The number of benzene rings is 1. The zero-order valence-corrected chi connectivity index (χ0v) is 15.4. The van der Waals surface area contributed by atoms with Crippen molar-refractivity contribution >= 4 is 5.95 Å². The quantitative estimate of drug-likeness (QED) is 0.793. The Bertz CT molecular complexity index is 960. The molecule has 4 unspecified atom stereocenters. The van der Waals surface area contributed by atoms with Crippen molar-refractivity contribution < 1.29 is 13.2 Å². The van der Waals surface area contributed by atoms with Crippen LogP contribution >= 0.6 is 0 Å². The van der Waals surface area contributed by atoms with Gasteiger partial charge in [0.2, 0.25) is 5.95 Å². The Hall–Kier alpha value is -2.09. The monoisotopic (exact) mass is 389 g/mol. The molecule has 1 aromatic carbocycles. The zero-order chi connectivity index (χ0) is 19.0. The summed E-state index contributed by atoms with van der Waals surface area (Å²) in [6, 6.07) is 2.72. The second kappa shape index (κ2) is 5.72. The average molecular weight is 389 g/mol. The number of aryl methyl sites for hydroxylation is 1. The van der Waals surface area contributed by atoms with E-state index in [2.05, 4.69) is 20.7 Å². The number of hydrogen-bond donors (Lipinski definition) is 2. The Morgan fingerprint density at radius 3 is 2.93 bits per heavy atom. The predicted molar refractivity (Wildman–Crippen MR) is 96.3 cm³/mol. The maximum atomic E-state index is 14.5. The summed E-state index contributed by atoms with van der Waals surface area (Å²) >= 11 is 0. The van der Waals surface area contributed by atoms with Crippen molar-refractivity contribution in [2.75, 3.05) is 18.4 Å². The lowest BCUT2D eigenvalue weighted by molar-refractivity contribution is 0.193. The van der Waals surface area contributed by atoms with Crippen LogP contribution in [0.3, 0.4) is 0 Å². The Morgan fingerprint density at radius 1 is 1.14 bits per heavy atom. The van der Waals surface area contributed by atoms with Crippen LogP contribution in [0.5, 0.6) is 0 Å². The summed E-state index contributed by atoms with van der Waals surface area (Å²) in [5.74, 6) is -1.60. The number of aromatic nitrogens is 3. The number of anilines is 1. The van der Waals surface area contributed by atoms with E-state index in [1.54, 1.807) is 0 Å². The molecule has 0 radical (unpaired) electrons.